The van der Waals surface area contributed by atoms with Gasteiger partial charge in [0.15, 0.2) is 0 Å². The fourth-order valence-electron chi connectivity index (χ4n) is 2.10. The van der Waals surface area contributed by atoms with Crippen LogP contribution in [0.1, 0.15) is 6.92 Å². The fraction of sp³-hybridized carbons (Fsp3) is 0.125. The van der Waals surface area contributed by atoms with Crippen molar-refractivity contribution < 1.29 is 4.74 Å². The first kappa shape index (κ1) is 13.8. The predicted octanol–water partition coefficient (Wildman–Crippen LogP) is 4.62. The molecule has 0 amide bonds. The molecule has 1 aromatic heterocycles. The number of ether oxygens (including phenoxy) is 1. The molecule has 4 nitrogen and oxygen atoms in total. The van der Waals surface area contributed by atoms with Gasteiger partial charge in [-0.2, -0.15) is 0 Å². The van der Waals surface area contributed by atoms with Crippen LogP contribution in [-0.4, -0.2) is 16.5 Å². The van der Waals surface area contributed by atoms with E-state index in [0.717, 1.165) is 33.4 Å². The molecule has 106 valence electrons. The minimum atomic E-state index is 0.498. The number of hydrogen-bond acceptors (Lipinski definition) is 4. The lowest BCUT2D eigenvalue weighted by Crippen LogP contribution is -2.02. The minimum absolute atomic E-state index is 0.498. The predicted molar refractivity (Wildman–Crippen MR) is 87.9 cm³/mol. The van der Waals surface area contributed by atoms with Crippen LogP contribution >= 0.6 is 15.9 Å². The van der Waals surface area contributed by atoms with Crippen molar-refractivity contribution in [3.8, 4) is 11.6 Å². The zero-order chi connectivity index (χ0) is 14.7. The molecule has 2 aromatic carbocycles. The molecule has 0 fully saturated rings. The maximum absolute atomic E-state index is 5.97. The van der Waals surface area contributed by atoms with Crippen molar-refractivity contribution >= 4 is 32.5 Å². The maximum Gasteiger partial charge on any atom is 0.238 e. The van der Waals surface area contributed by atoms with Gasteiger partial charge in [-0.1, -0.05) is 36.4 Å². The van der Waals surface area contributed by atoms with E-state index in [0.29, 0.717) is 5.88 Å². The maximum atomic E-state index is 5.97. The molecule has 0 spiro atoms. The lowest BCUT2D eigenvalue weighted by Gasteiger charge is -2.11. The van der Waals surface area contributed by atoms with Gasteiger partial charge in [-0.05, 0) is 34.3 Å². The van der Waals surface area contributed by atoms with Crippen LogP contribution in [0.3, 0.4) is 0 Å². The van der Waals surface area contributed by atoms with Gasteiger partial charge >= 0.3 is 0 Å². The molecule has 0 radical (unpaired) electrons. The zero-order valence-corrected chi connectivity index (χ0v) is 13.1. The summed E-state index contributed by atoms with van der Waals surface area (Å²) in [6, 6.07) is 14.1. The Morgan fingerprint density at radius 1 is 1.10 bits per heavy atom. The molecule has 3 rings (SSSR count). The molecule has 3 aromatic rings. The van der Waals surface area contributed by atoms with Crippen molar-refractivity contribution in [2.45, 2.75) is 6.92 Å². The largest absolute Gasteiger partial charge is 0.437 e. The van der Waals surface area contributed by atoms with Crippen LogP contribution in [-0.2, 0) is 0 Å². The van der Waals surface area contributed by atoms with Crippen molar-refractivity contribution in [1.29, 1.82) is 0 Å². The summed E-state index contributed by atoms with van der Waals surface area (Å²) in [5.74, 6) is 2.00. The van der Waals surface area contributed by atoms with Crippen LogP contribution in [0.15, 0.2) is 53.3 Å². The molecule has 0 saturated heterocycles. The number of anilines is 1. The molecule has 1 heterocycles. The smallest absolute Gasteiger partial charge is 0.238 e. The van der Waals surface area contributed by atoms with Crippen LogP contribution in [0.5, 0.6) is 11.6 Å². The number of nitrogens with one attached hydrogen (secondary N) is 1. The molecule has 1 N–H and O–H groups in total. The molecule has 0 bridgehead atoms. The summed E-state index contributed by atoms with van der Waals surface area (Å²) in [5, 5.41) is 5.34. The molecule has 0 saturated carbocycles. The van der Waals surface area contributed by atoms with E-state index in [1.165, 1.54) is 6.33 Å². The van der Waals surface area contributed by atoms with Crippen molar-refractivity contribution in [3.05, 3.63) is 53.3 Å². The second-order valence-electron chi connectivity index (χ2n) is 4.45. The Bertz CT molecular complexity index is 771. The van der Waals surface area contributed by atoms with E-state index < -0.39 is 0 Å². The Balaban J connectivity index is 2.01. The van der Waals surface area contributed by atoms with Gasteiger partial charge in [0, 0.05) is 11.9 Å². The van der Waals surface area contributed by atoms with E-state index in [1.807, 2.05) is 37.3 Å². The van der Waals surface area contributed by atoms with Crippen molar-refractivity contribution in [3.63, 3.8) is 0 Å². The second kappa shape index (κ2) is 6.10. The molecule has 0 aliphatic heterocycles. The standard InChI is InChI=1S/C16H14BrN3O/c1-2-18-15-14(17)16(20-10-19-15)21-13-9-5-7-11-6-3-4-8-12(11)13/h3-10H,2H2,1H3,(H,18,19,20). The molecule has 0 aliphatic rings. The minimum Gasteiger partial charge on any atom is -0.437 e. The highest BCUT2D eigenvalue weighted by Gasteiger charge is 2.11. The van der Waals surface area contributed by atoms with Crippen LogP contribution in [0.4, 0.5) is 5.82 Å². The second-order valence-corrected chi connectivity index (χ2v) is 5.24. The Morgan fingerprint density at radius 2 is 1.90 bits per heavy atom. The summed E-state index contributed by atoms with van der Waals surface area (Å²) >= 11 is 3.49. The highest BCUT2D eigenvalue weighted by atomic mass is 79.9. The number of halogens is 1. The summed E-state index contributed by atoms with van der Waals surface area (Å²) in [7, 11) is 0. The molecule has 0 unspecified atom stereocenters. The molecule has 0 aliphatic carbocycles. The molecular weight excluding hydrogens is 330 g/mol. The van der Waals surface area contributed by atoms with Crippen LogP contribution in [0.2, 0.25) is 0 Å². The first-order valence-electron chi connectivity index (χ1n) is 6.69. The number of rotatable bonds is 4. The summed E-state index contributed by atoms with van der Waals surface area (Å²) in [4.78, 5) is 8.39. The van der Waals surface area contributed by atoms with E-state index in [4.69, 9.17) is 4.74 Å². The Labute approximate surface area is 131 Å². The number of nitrogens with zero attached hydrogens (tertiary/aromatic N) is 2. The number of benzene rings is 2. The number of fused-ring (bicyclic) bond motifs is 1. The lowest BCUT2D eigenvalue weighted by molar-refractivity contribution is 0.463. The monoisotopic (exact) mass is 343 g/mol. The van der Waals surface area contributed by atoms with E-state index in [-0.39, 0.29) is 0 Å². The SMILES string of the molecule is CCNc1ncnc(Oc2cccc3ccccc23)c1Br. The first-order valence-corrected chi connectivity index (χ1v) is 7.49. The third-order valence-corrected chi connectivity index (χ3v) is 3.77. The average Bonchev–Trinajstić information content (AvgIpc) is 2.52. The van der Waals surface area contributed by atoms with Gasteiger partial charge in [-0.15, -0.1) is 0 Å². The van der Waals surface area contributed by atoms with Gasteiger partial charge in [0.25, 0.3) is 0 Å². The third-order valence-electron chi connectivity index (χ3n) is 3.06. The summed E-state index contributed by atoms with van der Waals surface area (Å²) < 4.78 is 6.69. The first-order chi connectivity index (χ1) is 10.3. The van der Waals surface area contributed by atoms with Crippen molar-refractivity contribution in [1.82, 2.24) is 9.97 Å². The lowest BCUT2D eigenvalue weighted by atomic mass is 10.1. The van der Waals surface area contributed by atoms with Gasteiger partial charge in [0.2, 0.25) is 5.88 Å². The number of aromatic nitrogens is 2. The quantitative estimate of drug-likeness (QED) is 0.750. The molecular formula is C16H14BrN3O. The highest BCUT2D eigenvalue weighted by Crippen LogP contribution is 2.34. The summed E-state index contributed by atoms with van der Waals surface area (Å²) in [6.07, 6.45) is 1.49. The van der Waals surface area contributed by atoms with E-state index in [9.17, 15) is 0 Å². The molecule has 5 heteroatoms. The van der Waals surface area contributed by atoms with Gasteiger partial charge in [-0.25, -0.2) is 9.97 Å². The zero-order valence-electron chi connectivity index (χ0n) is 11.5. The van der Waals surface area contributed by atoms with Gasteiger partial charge < -0.3 is 10.1 Å². The highest BCUT2D eigenvalue weighted by molar-refractivity contribution is 9.10. The third kappa shape index (κ3) is 2.83. The van der Waals surface area contributed by atoms with Crippen molar-refractivity contribution in [2.24, 2.45) is 0 Å². The topological polar surface area (TPSA) is 47.0 Å². The van der Waals surface area contributed by atoms with E-state index in [2.05, 4.69) is 43.3 Å². The fourth-order valence-corrected chi connectivity index (χ4v) is 2.53. The van der Waals surface area contributed by atoms with Gasteiger partial charge in [-0.3, -0.25) is 0 Å². The Morgan fingerprint density at radius 3 is 2.76 bits per heavy atom. The average molecular weight is 344 g/mol. The van der Waals surface area contributed by atoms with E-state index >= 15 is 0 Å². The Hall–Kier alpha value is -2.14. The summed E-state index contributed by atoms with van der Waals surface area (Å²) in [6.45, 7) is 2.79. The van der Waals surface area contributed by atoms with E-state index in [1.54, 1.807) is 0 Å². The number of hydrogen-bond donors (Lipinski definition) is 1. The Kier molecular flexibility index (Phi) is 4.01. The van der Waals surface area contributed by atoms with Crippen LogP contribution < -0.4 is 10.1 Å². The normalized spacial score (nSPS) is 10.6. The van der Waals surface area contributed by atoms with Crippen LogP contribution in [0, 0.1) is 0 Å². The molecule has 0 atom stereocenters. The van der Waals surface area contributed by atoms with Gasteiger partial charge in [0.1, 0.15) is 22.4 Å². The van der Waals surface area contributed by atoms with Crippen molar-refractivity contribution in [2.75, 3.05) is 11.9 Å². The molecule has 21 heavy (non-hydrogen) atoms. The van der Waals surface area contributed by atoms with Crippen LogP contribution in [0.25, 0.3) is 10.8 Å². The summed E-state index contributed by atoms with van der Waals surface area (Å²) in [5.41, 5.74) is 0. The van der Waals surface area contributed by atoms with Gasteiger partial charge in [0.05, 0.1) is 0 Å².